The molecule has 0 amide bonds. The van der Waals surface area contributed by atoms with Crippen LogP contribution in [0.2, 0.25) is 0 Å². The minimum Gasteiger partial charge on any atom is -0.482 e. The maximum Gasteiger partial charge on any atom is 0.203 e. The van der Waals surface area contributed by atoms with Crippen LogP contribution in [0.15, 0.2) is 36.4 Å². The Labute approximate surface area is 119 Å². The van der Waals surface area contributed by atoms with Crippen LogP contribution in [0, 0.1) is 20.8 Å². The SMILES string of the molecule is Cc1cc(C)c(C(=O)C2Cc3ccccc3O2)cc1C. The molecule has 0 aromatic heterocycles. The second kappa shape index (κ2) is 4.78. The van der Waals surface area contributed by atoms with Crippen molar-refractivity contribution in [3.05, 3.63) is 64.2 Å². The van der Waals surface area contributed by atoms with Crippen LogP contribution < -0.4 is 4.74 Å². The van der Waals surface area contributed by atoms with Crippen molar-refractivity contribution in [3.8, 4) is 5.75 Å². The van der Waals surface area contributed by atoms with Crippen LogP contribution in [0.5, 0.6) is 5.75 Å². The van der Waals surface area contributed by atoms with E-state index in [4.69, 9.17) is 4.74 Å². The number of benzene rings is 2. The van der Waals surface area contributed by atoms with Gasteiger partial charge in [-0.2, -0.15) is 0 Å². The number of ether oxygens (including phenoxy) is 1. The minimum absolute atomic E-state index is 0.0850. The van der Waals surface area contributed by atoms with Crippen molar-refractivity contribution in [2.75, 3.05) is 0 Å². The lowest BCUT2D eigenvalue weighted by molar-refractivity contribution is 0.0824. The van der Waals surface area contributed by atoms with Crippen LogP contribution in [0.1, 0.15) is 32.6 Å². The molecule has 102 valence electrons. The number of Topliss-reactive ketones (excluding diaryl/α,β-unsaturated/α-hetero) is 1. The molecule has 0 saturated carbocycles. The molecule has 0 saturated heterocycles. The zero-order valence-electron chi connectivity index (χ0n) is 12.1. The highest BCUT2D eigenvalue weighted by molar-refractivity contribution is 6.01. The predicted molar refractivity (Wildman–Crippen MR) is 79.5 cm³/mol. The number of para-hydroxylation sites is 1. The van der Waals surface area contributed by atoms with Gasteiger partial charge in [0.1, 0.15) is 5.75 Å². The molecule has 2 aromatic carbocycles. The second-order valence-electron chi connectivity index (χ2n) is 5.53. The summed E-state index contributed by atoms with van der Waals surface area (Å²) in [6, 6.07) is 11.9. The van der Waals surface area contributed by atoms with E-state index >= 15 is 0 Å². The summed E-state index contributed by atoms with van der Waals surface area (Å²) in [6.45, 7) is 6.09. The third kappa shape index (κ3) is 2.11. The van der Waals surface area contributed by atoms with Crippen LogP contribution in [0.4, 0.5) is 0 Å². The van der Waals surface area contributed by atoms with E-state index in [2.05, 4.69) is 13.0 Å². The van der Waals surface area contributed by atoms with Crippen molar-refractivity contribution < 1.29 is 9.53 Å². The first-order valence-electron chi connectivity index (χ1n) is 6.93. The molecule has 0 aliphatic carbocycles. The first-order valence-corrected chi connectivity index (χ1v) is 6.93. The van der Waals surface area contributed by atoms with E-state index in [9.17, 15) is 4.79 Å². The van der Waals surface area contributed by atoms with Crippen molar-refractivity contribution in [1.29, 1.82) is 0 Å². The molecule has 2 aromatic rings. The fraction of sp³-hybridized carbons (Fsp3) is 0.278. The number of carbonyl (C=O) groups is 1. The van der Waals surface area contributed by atoms with Gasteiger partial charge in [0, 0.05) is 12.0 Å². The predicted octanol–water partition coefficient (Wildman–Crippen LogP) is 3.80. The smallest absolute Gasteiger partial charge is 0.203 e. The van der Waals surface area contributed by atoms with Crippen LogP contribution in [-0.2, 0) is 6.42 Å². The molecule has 3 rings (SSSR count). The van der Waals surface area contributed by atoms with Gasteiger partial charge in [-0.05, 0) is 55.2 Å². The van der Waals surface area contributed by atoms with E-state index in [-0.39, 0.29) is 11.9 Å². The van der Waals surface area contributed by atoms with Crippen molar-refractivity contribution in [2.45, 2.75) is 33.3 Å². The second-order valence-corrected chi connectivity index (χ2v) is 5.53. The Kier molecular flexibility index (Phi) is 3.09. The standard InChI is InChI=1S/C18H18O2/c1-11-8-13(3)15(9-12(11)2)18(19)17-10-14-6-4-5-7-16(14)20-17/h4-9,17H,10H2,1-3H3. The molecule has 2 heteroatoms. The average molecular weight is 266 g/mol. The summed E-state index contributed by atoms with van der Waals surface area (Å²) < 4.78 is 5.80. The number of fused-ring (bicyclic) bond motifs is 1. The number of hydrogen-bond donors (Lipinski definition) is 0. The molecule has 1 atom stereocenters. The number of aryl methyl sites for hydroxylation is 3. The number of ketones is 1. The quantitative estimate of drug-likeness (QED) is 0.773. The summed E-state index contributed by atoms with van der Waals surface area (Å²) in [5.41, 5.74) is 5.29. The summed E-state index contributed by atoms with van der Waals surface area (Å²) in [7, 11) is 0. The molecule has 1 unspecified atom stereocenters. The van der Waals surface area contributed by atoms with Crippen LogP contribution in [0.3, 0.4) is 0 Å². The van der Waals surface area contributed by atoms with Crippen molar-refractivity contribution in [2.24, 2.45) is 0 Å². The van der Waals surface area contributed by atoms with Gasteiger partial charge in [0.25, 0.3) is 0 Å². The maximum absolute atomic E-state index is 12.7. The normalized spacial score (nSPS) is 16.6. The summed E-state index contributed by atoms with van der Waals surface area (Å²) >= 11 is 0. The van der Waals surface area contributed by atoms with E-state index in [0.717, 1.165) is 28.0 Å². The van der Waals surface area contributed by atoms with Gasteiger partial charge < -0.3 is 4.74 Å². The molecule has 1 aliphatic heterocycles. The van der Waals surface area contributed by atoms with Gasteiger partial charge in [0.2, 0.25) is 5.78 Å². The lowest BCUT2D eigenvalue weighted by atomic mass is 9.94. The third-order valence-electron chi connectivity index (χ3n) is 4.05. The zero-order chi connectivity index (χ0) is 14.3. The molecule has 0 spiro atoms. The molecule has 2 nitrogen and oxygen atoms in total. The van der Waals surface area contributed by atoms with Gasteiger partial charge in [0.05, 0.1) is 0 Å². The Morgan fingerprint density at radius 2 is 1.75 bits per heavy atom. The lowest BCUT2D eigenvalue weighted by Gasteiger charge is -2.13. The zero-order valence-corrected chi connectivity index (χ0v) is 12.1. The molecule has 0 bridgehead atoms. The average Bonchev–Trinajstić information content (AvgIpc) is 2.86. The van der Waals surface area contributed by atoms with Crippen LogP contribution in [0.25, 0.3) is 0 Å². The van der Waals surface area contributed by atoms with Gasteiger partial charge >= 0.3 is 0 Å². The molecular formula is C18H18O2. The van der Waals surface area contributed by atoms with Crippen molar-refractivity contribution in [1.82, 2.24) is 0 Å². The highest BCUT2D eigenvalue weighted by Crippen LogP contribution is 2.30. The molecule has 1 heterocycles. The molecular weight excluding hydrogens is 248 g/mol. The highest BCUT2D eigenvalue weighted by atomic mass is 16.5. The van der Waals surface area contributed by atoms with E-state index < -0.39 is 0 Å². The van der Waals surface area contributed by atoms with E-state index in [0.29, 0.717) is 6.42 Å². The number of rotatable bonds is 2. The Morgan fingerprint density at radius 1 is 1.05 bits per heavy atom. The van der Waals surface area contributed by atoms with Gasteiger partial charge in [-0.15, -0.1) is 0 Å². The van der Waals surface area contributed by atoms with E-state index in [1.165, 1.54) is 5.56 Å². The summed E-state index contributed by atoms with van der Waals surface area (Å²) in [5.74, 6) is 0.925. The fourth-order valence-corrected chi connectivity index (χ4v) is 2.73. The largest absolute Gasteiger partial charge is 0.482 e. The molecule has 1 aliphatic rings. The van der Waals surface area contributed by atoms with E-state index in [1.54, 1.807) is 0 Å². The monoisotopic (exact) mass is 266 g/mol. The van der Waals surface area contributed by atoms with Crippen LogP contribution in [-0.4, -0.2) is 11.9 Å². The Morgan fingerprint density at radius 3 is 2.50 bits per heavy atom. The topological polar surface area (TPSA) is 26.3 Å². The summed E-state index contributed by atoms with van der Waals surface area (Å²) in [4.78, 5) is 12.7. The fourth-order valence-electron chi connectivity index (χ4n) is 2.73. The van der Waals surface area contributed by atoms with Crippen molar-refractivity contribution >= 4 is 5.78 Å². The lowest BCUT2D eigenvalue weighted by Crippen LogP contribution is -2.26. The Bertz CT molecular complexity index is 661. The number of hydrogen-bond acceptors (Lipinski definition) is 2. The summed E-state index contributed by atoms with van der Waals surface area (Å²) in [6.07, 6.45) is 0.287. The highest BCUT2D eigenvalue weighted by Gasteiger charge is 2.30. The van der Waals surface area contributed by atoms with Gasteiger partial charge in [-0.3, -0.25) is 4.79 Å². The molecule has 20 heavy (non-hydrogen) atoms. The molecule has 0 fully saturated rings. The third-order valence-corrected chi connectivity index (χ3v) is 4.05. The Balaban J connectivity index is 1.90. The minimum atomic E-state index is -0.381. The Hall–Kier alpha value is -2.09. The van der Waals surface area contributed by atoms with Crippen LogP contribution >= 0.6 is 0 Å². The van der Waals surface area contributed by atoms with Gasteiger partial charge in [-0.25, -0.2) is 0 Å². The van der Waals surface area contributed by atoms with Crippen molar-refractivity contribution in [3.63, 3.8) is 0 Å². The van der Waals surface area contributed by atoms with E-state index in [1.807, 2.05) is 44.2 Å². The first kappa shape index (κ1) is 12.9. The molecule has 0 radical (unpaired) electrons. The number of carbonyl (C=O) groups excluding carboxylic acids is 1. The maximum atomic E-state index is 12.7. The van der Waals surface area contributed by atoms with Gasteiger partial charge in [-0.1, -0.05) is 24.3 Å². The first-order chi connectivity index (χ1) is 9.56. The summed E-state index contributed by atoms with van der Waals surface area (Å²) in [5, 5.41) is 0. The van der Waals surface area contributed by atoms with Gasteiger partial charge in [0.15, 0.2) is 6.10 Å². The molecule has 0 N–H and O–H groups in total.